The lowest BCUT2D eigenvalue weighted by Gasteiger charge is -2.35. The molecule has 5 rings (SSSR count). The number of H-pyrrole nitrogens is 1. The molecule has 2 aromatic carbocycles. The van der Waals surface area contributed by atoms with Gasteiger partial charge in [0.2, 0.25) is 5.91 Å². The molecule has 0 atom stereocenters. The number of fused-ring (bicyclic) bond motifs is 1. The van der Waals surface area contributed by atoms with Crippen LogP contribution >= 0.6 is 0 Å². The number of anilines is 1. The molecule has 3 heterocycles. The molecule has 1 saturated heterocycles. The zero-order valence-electron chi connectivity index (χ0n) is 19.6. The maximum atomic E-state index is 13.5. The zero-order chi connectivity index (χ0) is 24.0. The van der Waals surface area contributed by atoms with Gasteiger partial charge in [-0.3, -0.25) is 24.4 Å². The third-order valence-electron chi connectivity index (χ3n) is 6.56. The van der Waals surface area contributed by atoms with Crippen LogP contribution in [-0.2, 0) is 11.2 Å². The van der Waals surface area contributed by atoms with Gasteiger partial charge in [0, 0.05) is 61.7 Å². The van der Waals surface area contributed by atoms with Crippen molar-refractivity contribution >= 4 is 28.4 Å². The number of amides is 2. The Bertz CT molecular complexity index is 1250. The highest BCUT2D eigenvalue weighted by molar-refractivity contribution is 6.09. The monoisotopic (exact) mass is 467 g/mol. The standard InChI is InChI=1S/C28H29N5O2/c34-27(32-18-16-31(17-19-32)15-12-22-10-13-29-14-11-22)21-33(24-7-2-1-3-8-24)28(35)26-20-23-6-4-5-9-25(23)30-26/h1-11,13-14,20,30H,12,15-19,21H2. The largest absolute Gasteiger partial charge is 0.351 e. The van der Waals surface area contributed by atoms with Crippen LogP contribution in [0.3, 0.4) is 0 Å². The Morgan fingerprint density at radius 2 is 1.60 bits per heavy atom. The molecule has 0 saturated carbocycles. The van der Waals surface area contributed by atoms with E-state index in [4.69, 9.17) is 0 Å². The molecule has 1 aliphatic heterocycles. The maximum absolute atomic E-state index is 13.5. The summed E-state index contributed by atoms with van der Waals surface area (Å²) in [6.07, 6.45) is 4.61. The Hall–Kier alpha value is -3.97. The van der Waals surface area contributed by atoms with Gasteiger partial charge in [-0.2, -0.15) is 0 Å². The molecule has 1 N–H and O–H groups in total. The van der Waals surface area contributed by atoms with Crippen LogP contribution in [0.4, 0.5) is 5.69 Å². The van der Waals surface area contributed by atoms with E-state index in [1.807, 2.05) is 90.1 Å². The summed E-state index contributed by atoms with van der Waals surface area (Å²) in [4.78, 5) is 39.9. The maximum Gasteiger partial charge on any atom is 0.275 e. The summed E-state index contributed by atoms with van der Waals surface area (Å²) in [5.41, 5.74) is 3.36. The van der Waals surface area contributed by atoms with E-state index in [0.29, 0.717) is 24.5 Å². The van der Waals surface area contributed by atoms with Gasteiger partial charge in [-0.05, 0) is 48.4 Å². The molecule has 1 fully saturated rings. The van der Waals surface area contributed by atoms with Crippen molar-refractivity contribution in [3.8, 4) is 0 Å². The second-order valence-electron chi connectivity index (χ2n) is 8.82. The number of nitrogens with one attached hydrogen (secondary N) is 1. The Labute approximate surface area is 205 Å². The number of carbonyl (C=O) groups excluding carboxylic acids is 2. The number of pyridine rings is 1. The topological polar surface area (TPSA) is 72.5 Å². The Morgan fingerprint density at radius 3 is 2.34 bits per heavy atom. The van der Waals surface area contributed by atoms with Crippen LogP contribution in [0.25, 0.3) is 10.9 Å². The first-order chi connectivity index (χ1) is 17.2. The molecule has 0 spiro atoms. The van der Waals surface area contributed by atoms with Crippen molar-refractivity contribution in [2.75, 3.05) is 44.2 Å². The van der Waals surface area contributed by atoms with Crippen LogP contribution in [-0.4, -0.2) is 70.9 Å². The quantitative estimate of drug-likeness (QED) is 0.451. The van der Waals surface area contributed by atoms with Crippen LogP contribution in [0, 0.1) is 0 Å². The molecule has 35 heavy (non-hydrogen) atoms. The normalized spacial score (nSPS) is 14.2. The average molecular weight is 468 g/mol. The van der Waals surface area contributed by atoms with Crippen molar-refractivity contribution in [3.63, 3.8) is 0 Å². The van der Waals surface area contributed by atoms with Crippen molar-refractivity contribution in [2.24, 2.45) is 0 Å². The van der Waals surface area contributed by atoms with E-state index in [-0.39, 0.29) is 18.4 Å². The van der Waals surface area contributed by atoms with Crippen molar-refractivity contribution in [1.29, 1.82) is 0 Å². The van der Waals surface area contributed by atoms with E-state index < -0.39 is 0 Å². The number of benzene rings is 2. The van der Waals surface area contributed by atoms with Crippen LogP contribution in [0.1, 0.15) is 16.1 Å². The van der Waals surface area contributed by atoms with Crippen molar-refractivity contribution in [2.45, 2.75) is 6.42 Å². The van der Waals surface area contributed by atoms with E-state index in [9.17, 15) is 9.59 Å². The number of piperazine rings is 1. The highest BCUT2D eigenvalue weighted by Crippen LogP contribution is 2.21. The number of nitrogens with zero attached hydrogens (tertiary/aromatic N) is 4. The first-order valence-electron chi connectivity index (χ1n) is 12.0. The van der Waals surface area contributed by atoms with Gasteiger partial charge in [-0.25, -0.2) is 0 Å². The number of hydrogen-bond donors (Lipinski definition) is 1. The van der Waals surface area contributed by atoms with E-state index in [0.717, 1.165) is 37.0 Å². The second-order valence-corrected chi connectivity index (χ2v) is 8.82. The van der Waals surface area contributed by atoms with Gasteiger partial charge in [0.1, 0.15) is 12.2 Å². The fourth-order valence-electron chi connectivity index (χ4n) is 4.52. The summed E-state index contributed by atoms with van der Waals surface area (Å²) < 4.78 is 0. The average Bonchev–Trinajstić information content (AvgIpc) is 3.36. The van der Waals surface area contributed by atoms with Crippen LogP contribution in [0.2, 0.25) is 0 Å². The highest BCUT2D eigenvalue weighted by atomic mass is 16.2. The van der Waals surface area contributed by atoms with Crippen LogP contribution < -0.4 is 4.90 Å². The number of para-hydroxylation sites is 2. The number of aromatic amines is 1. The fraction of sp³-hybridized carbons (Fsp3) is 0.250. The molecule has 7 heteroatoms. The third kappa shape index (κ3) is 5.41. The Balaban J connectivity index is 1.24. The molecule has 178 valence electrons. The molecule has 7 nitrogen and oxygen atoms in total. The minimum Gasteiger partial charge on any atom is -0.351 e. The van der Waals surface area contributed by atoms with Gasteiger partial charge in [-0.1, -0.05) is 36.4 Å². The van der Waals surface area contributed by atoms with Gasteiger partial charge in [0.25, 0.3) is 5.91 Å². The molecule has 0 aliphatic carbocycles. The lowest BCUT2D eigenvalue weighted by atomic mass is 10.2. The molecule has 0 radical (unpaired) electrons. The molecule has 4 aromatic rings. The predicted octanol–water partition coefficient (Wildman–Crippen LogP) is 3.60. The molecule has 1 aliphatic rings. The fourth-order valence-corrected chi connectivity index (χ4v) is 4.52. The van der Waals surface area contributed by atoms with Gasteiger partial charge < -0.3 is 9.88 Å². The number of hydrogen-bond acceptors (Lipinski definition) is 4. The summed E-state index contributed by atoms with van der Waals surface area (Å²) in [5, 5.41) is 0.970. The molecule has 0 unspecified atom stereocenters. The number of carbonyl (C=O) groups is 2. The minimum atomic E-state index is -0.211. The molecule has 0 bridgehead atoms. The summed E-state index contributed by atoms with van der Waals surface area (Å²) >= 11 is 0. The van der Waals surface area contributed by atoms with Crippen LogP contribution in [0.15, 0.2) is 85.2 Å². The lowest BCUT2D eigenvalue weighted by molar-refractivity contribution is -0.131. The highest BCUT2D eigenvalue weighted by Gasteiger charge is 2.27. The van der Waals surface area contributed by atoms with Gasteiger partial charge in [0.05, 0.1) is 0 Å². The summed E-state index contributed by atoms with van der Waals surface area (Å²) in [7, 11) is 0. The summed E-state index contributed by atoms with van der Waals surface area (Å²) in [6.45, 7) is 3.96. The van der Waals surface area contributed by atoms with Crippen molar-refractivity contribution < 1.29 is 9.59 Å². The summed E-state index contributed by atoms with van der Waals surface area (Å²) in [6, 6.07) is 23.1. The lowest BCUT2D eigenvalue weighted by Crippen LogP contribution is -2.52. The zero-order valence-corrected chi connectivity index (χ0v) is 19.6. The number of aromatic nitrogens is 2. The van der Waals surface area contributed by atoms with Gasteiger partial charge in [0.15, 0.2) is 0 Å². The first-order valence-corrected chi connectivity index (χ1v) is 12.0. The second kappa shape index (κ2) is 10.5. The predicted molar refractivity (Wildman–Crippen MR) is 137 cm³/mol. The van der Waals surface area contributed by atoms with E-state index in [1.165, 1.54) is 5.56 Å². The summed E-state index contributed by atoms with van der Waals surface area (Å²) in [5.74, 6) is -0.246. The molecular formula is C28H29N5O2. The van der Waals surface area contributed by atoms with Gasteiger partial charge >= 0.3 is 0 Å². The first kappa shape index (κ1) is 22.8. The molecule has 2 amide bonds. The SMILES string of the molecule is O=C(CN(C(=O)c1cc2ccccc2[nH]1)c1ccccc1)N1CCN(CCc2ccncc2)CC1. The molecular weight excluding hydrogens is 438 g/mol. The Morgan fingerprint density at radius 1 is 0.886 bits per heavy atom. The van der Waals surface area contributed by atoms with Crippen molar-refractivity contribution in [1.82, 2.24) is 19.8 Å². The minimum absolute atomic E-state index is 0.00915. The van der Waals surface area contributed by atoms with Crippen molar-refractivity contribution in [3.05, 3.63) is 96.4 Å². The van der Waals surface area contributed by atoms with E-state index in [1.54, 1.807) is 4.90 Å². The van der Waals surface area contributed by atoms with E-state index >= 15 is 0 Å². The Kier molecular flexibility index (Phi) is 6.86. The molecule has 2 aromatic heterocycles. The van der Waals surface area contributed by atoms with E-state index in [2.05, 4.69) is 14.9 Å². The smallest absolute Gasteiger partial charge is 0.275 e. The van der Waals surface area contributed by atoms with Crippen LogP contribution in [0.5, 0.6) is 0 Å². The van der Waals surface area contributed by atoms with Gasteiger partial charge in [-0.15, -0.1) is 0 Å². The third-order valence-corrected chi connectivity index (χ3v) is 6.56. The number of rotatable bonds is 7.